The number of benzene rings is 1. The monoisotopic (exact) mass is 458 g/mol. The number of thioether (sulfide) groups is 1. The molecule has 11 heteroatoms. The number of hydrogen-bond donors (Lipinski definition) is 1. The standard InChI is InChI=1S/C21H26N6O4S/c1-29-15-4-3-5-16(12-15)31-14-18(28)22-6-7-27-20-17(13-23-27)19(24-21(25-20)32-2)26-8-10-30-11-9-26/h3-5,12-13H,6-11,14H2,1-2H3,(H,22,28). The van der Waals surface area contributed by atoms with Crippen LogP contribution in [0.2, 0.25) is 0 Å². The Morgan fingerprint density at radius 3 is 2.84 bits per heavy atom. The molecule has 4 rings (SSSR count). The van der Waals surface area contributed by atoms with Crippen molar-refractivity contribution in [1.82, 2.24) is 25.1 Å². The first-order valence-corrected chi connectivity index (χ1v) is 11.5. The van der Waals surface area contributed by atoms with E-state index in [1.807, 2.05) is 18.4 Å². The highest BCUT2D eigenvalue weighted by Crippen LogP contribution is 2.27. The van der Waals surface area contributed by atoms with Gasteiger partial charge in [0.15, 0.2) is 17.4 Å². The summed E-state index contributed by atoms with van der Waals surface area (Å²) in [7, 11) is 1.59. The smallest absolute Gasteiger partial charge is 0.258 e. The van der Waals surface area contributed by atoms with Crippen LogP contribution in [0.25, 0.3) is 11.0 Å². The first-order valence-electron chi connectivity index (χ1n) is 10.3. The Labute approximate surface area is 190 Å². The maximum atomic E-state index is 12.2. The van der Waals surface area contributed by atoms with E-state index in [1.54, 1.807) is 30.1 Å². The van der Waals surface area contributed by atoms with Crippen molar-refractivity contribution in [3.05, 3.63) is 30.5 Å². The van der Waals surface area contributed by atoms with Crippen molar-refractivity contribution in [2.45, 2.75) is 11.7 Å². The molecule has 0 saturated carbocycles. The molecule has 1 amide bonds. The molecule has 170 valence electrons. The maximum Gasteiger partial charge on any atom is 0.258 e. The highest BCUT2D eigenvalue weighted by Gasteiger charge is 2.20. The molecule has 3 heterocycles. The Morgan fingerprint density at radius 1 is 1.25 bits per heavy atom. The van der Waals surface area contributed by atoms with E-state index in [1.165, 1.54) is 11.8 Å². The summed E-state index contributed by atoms with van der Waals surface area (Å²) >= 11 is 1.49. The van der Waals surface area contributed by atoms with Crippen LogP contribution in [0.15, 0.2) is 35.6 Å². The zero-order valence-corrected chi connectivity index (χ0v) is 18.9. The second-order valence-electron chi connectivity index (χ2n) is 7.06. The molecule has 10 nitrogen and oxygen atoms in total. The van der Waals surface area contributed by atoms with E-state index in [2.05, 4.69) is 20.3 Å². The number of rotatable bonds is 9. The summed E-state index contributed by atoms with van der Waals surface area (Å²) in [4.78, 5) is 23.7. The number of carbonyl (C=O) groups excluding carboxylic acids is 1. The van der Waals surface area contributed by atoms with E-state index in [0.717, 1.165) is 29.9 Å². The predicted molar refractivity (Wildman–Crippen MR) is 122 cm³/mol. The zero-order chi connectivity index (χ0) is 22.3. The second kappa shape index (κ2) is 10.5. The number of morpholine rings is 1. The van der Waals surface area contributed by atoms with Gasteiger partial charge in [0.05, 0.1) is 38.5 Å². The van der Waals surface area contributed by atoms with E-state index in [-0.39, 0.29) is 12.5 Å². The number of ether oxygens (including phenoxy) is 3. The lowest BCUT2D eigenvalue weighted by Crippen LogP contribution is -2.37. The fourth-order valence-corrected chi connectivity index (χ4v) is 3.74. The Morgan fingerprint density at radius 2 is 2.06 bits per heavy atom. The van der Waals surface area contributed by atoms with Gasteiger partial charge in [0.25, 0.3) is 5.91 Å². The Kier molecular flexibility index (Phi) is 7.28. The molecule has 1 aliphatic heterocycles. The zero-order valence-electron chi connectivity index (χ0n) is 18.1. The summed E-state index contributed by atoms with van der Waals surface area (Å²) in [5.74, 6) is 1.92. The number of anilines is 1. The Hall–Kier alpha value is -3.05. The van der Waals surface area contributed by atoms with Crippen molar-refractivity contribution in [3.63, 3.8) is 0 Å². The highest BCUT2D eigenvalue weighted by atomic mass is 32.2. The van der Waals surface area contributed by atoms with Gasteiger partial charge in [0, 0.05) is 25.7 Å². The molecular formula is C21H26N6O4S. The third kappa shape index (κ3) is 5.22. The van der Waals surface area contributed by atoms with Crippen molar-refractivity contribution >= 4 is 34.5 Å². The summed E-state index contributed by atoms with van der Waals surface area (Å²) in [6.07, 6.45) is 3.74. The van der Waals surface area contributed by atoms with Crippen LogP contribution in [0.3, 0.4) is 0 Å². The second-order valence-corrected chi connectivity index (χ2v) is 7.83. The van der Waals surface area contributed by atoms with Gasteiger partial charge in [-0.2, -0.15) is 5.10 Å². The van der Waals surface area contributed by atoms with Crippen LogP contribution < -0.4 is 19.7 Å². The van der Waals surface area contributed by atoms with Crippen LogP contribution in [-0.4, -0.2) is 78.5 Å². The van der Waals surface area contributed by atoms with Gasteiger partial charge in [0.1, 0.15) is 17.3 Å². The van der Waals surface area contributed by atoms with Gasteiger partial charge in [-0.3, -0.25) is 4.79 Å². The largest absolute Gasteiger partial charge is 0.497 e. The van der Waals surface area contributed by atoms with E-state index >= 15 is 0 Å². The first kappa shape index (κ1) is 22.2. The summed E-state index contributed by atoms with van der Waals surface area (Å²) in [6, 6.07) is 7.14. The normalized spacial score (nSPS) is 13.9. The SMILES string of the molecule is COc1cccc(OCC(=O)NCCn2ncc3c(N4CCOCC4)nc(SC)nc32)c1. The minimum absolute atomic E-state index is 0.0764. The van der Waals surface area contributed by atoms with Crippen LogP contribution in [0.4, 0.5) is 5.82 Å². The Balaban J connectivity index is 1.37. The number of hydrogen-bond acceptors (Lipinski definition) is 9. The lowest BCUT2D eigenvalue weighted by atomic mass is 10.3. The van der Waals surface area contributed by atoms with Crippen molar-refractivity contribution < 1.29 is 19.0 Å². The van der Waals surface area contributed by atoms with E-state index in [4.69, 9.17) is 19.2 Å². The van der Waals surface area contributed by atoms with Crippen LogP contribution >= 0.6 is 11.8 Å². The molecule has 2 aromatic heterocycles. The molecule has 1 aliphatic rings. The molecule has 1 saturated heterocycles. The first-order chi connectivity index (χ1) is 15.7. The third-order valence-corrected chi connectivity index (χ3v) is 5.55. The van der Waals surface area contributed by atoms with Gasteiger partial charge >= 0.3 is 0 Å². The van der Waals surface area contributed by atoms with Gasteiger partial charge in [-0.25, -0.2) is 14.6 Å². The van der Waals surface area contributed by atoms with Gasteiger partial charge < -0.3 is 24.4 Å². The highest BCUT2D eigenvalue weighted by molar-refractivity contribution is 7.98. The average Bonchev–Trinajstić information content (AvgIpc) is 3.25. The fraction of sp³-hybridized carbons (Fsp3) is 0.429. The molecule has 0 atom stereocenters. The molecule has 0 radical (unpaired) electrons. The van der Waals surface area contributed by atoms with E-state index in [9.17, 15) is 4.79 Å². The maximum absolute atomic E-state index is 12.2. The van der Waals surface area contributed by atoms with Gasteiger partial charge in [-0.15, -0.1) is 0 Å². The molecule has 1 fully saturated rings. The fourth-order valence-electron chi connectivity index (χ4n) is 3.38. The molecule has 3 aromatic rings. The average molecular weight is 459 g/mol. The molecule has 0 bridgehead atoms. The Bertz CT molecular complexity index is 1070. The van der Waals surface area contributed by atoms with Crippen molar-refractivity contribution in [2.75, 3.05) is 57.7 Å². The number of methoxy groups -OCH3 is 1. The van der Waals surface area contributed by atoms with Crippen LogP contribution in [-0.2, 0) is 16.1 Å². The minimum atomic E-state index is -0.210. The summed E-state index contributed by atoms with van der Waals surface area (Å²) in [5, 5.41) is 8.94. The third-order valence-electron chi connectivity index (χ3n) is 5.01. The molecule has 1 N–H and O–H groups in total. The van der Waals surface area contributed by atoms with Crippen LogP contribution in [0.5, 0.6) is 11.5 Å². The number of nitrogens with zero attached hydrogens (tertiary/aromatic N) is 5. The van der Waals surface area contributed by atoms with E-state index in [0.29, 0.717) is 43.0 Å². The lowest BCUT2D eigenvalue weighted by Gasteiger charge is -2.28. The number of amides is 1. The van der Waals surface area contributed by atoms with Crippen LogP contribution in [0, 0.1) is 0 Å². The summed E-state index contributed by atoms with van der Waals surface area (Å²) in [5.41, 5.74) is 0.757. The van der Waals surface area contributed by atoms with Crippen LogP contribution in [0.1, 0.15) is 0 Å². The molecule has 0 aliphatic carbocycles. The lowest BCUT2D eigenvalue weighted by molar-refractivity contribution is -0.123. The molecular weight excluding hydrogens is 432 g/mol. The summed E-state index contributed by atoms with van der Waals surface area (Å²) < 4.78 is 17.9. The van der Waals surface area contributed by atoms with Crippen molar-refractivity contribution in [2.24, 2.45) is 0 Å². The number of aromatic nitrogens is 4. The number of nitrogens with one attached hydrogen (secondary N) is 1. The topological polar surface area (TPSA) is 104 Å². The van der Waals surface area contributed by atoms with E-state index < -0.39 is 0 Å². The van der Waals surface area contributed by atoms with Crippen molar-refractivity contribution in [3.8, 4) is 11.5 Å². The molecule has 1 aromatic carbocycles. The molecule has 0 spiro atoms. The number of fused-ring (bicyclic) bond motifs is 1. The molecule has 32 heavy (non-hydrogen) atoms. The van der Waals surface area contributed by atoms with Crippen molar-refractivity contribution in [1.29, 1.82) is 0 Å². The summed E-state index contributed by atoms with van der Waals surface area (Å²) in [6.45, 7) is 3.75. The van der Waals surface area contributed by atoms with Gasteiger partial charge in [0.2, 0.25) is 0 Å². The van der Waals surface area contributed by atoms with Gasteiger partial charge in [-0.1, -0.05) is 17.8 Å². The minimum Gasteiger partial charge on any atom is -0.497 e. The quantitative estimate of drug-likeness (QED) is 0.378. The van der Waals surface area contributed by atoms with Gasteiger partial charge in [-0.05, 0) is 18.4 Å². The predicted octanol–water partition coefficient (Wildman–Crippen LogP) is 1.59. The number of carbonyl (C=O) groups is 1. The molecule has 0 unspecified atom stereocenters.